The fourth-order valence-corrected chi connectivity index (χ4v) is 6.27. The Kier molecular flexibility index (Phi) is 7.87. The molecule has 0 amide bonds. The molecule has 12 heteroatoms. The van der Waals surface area contributed by atoms with Crippen LogP contribution in [-0.4, -0.2) is 61.6 Å². The second kappa shape index (κ2) is 12.8. The number of ether oxygens (including phenoxy) is 4. The minimum atomic E-state index is 0.0997. The van der Waals surface area contributed by atoms with Gasteiger partial charge in [0.1, 0.15) is 29.4 Å². The number of aromatic nitrogens is 7. The van der Waals surface area contributed by atoms with Crippen molar-refractivity contribution in [1.82, 2.24) is 35.2 Å². The van der Waals surface area contributed by atoms with Crippen LogP contribution in [0.5, 0.6) is 17.4 Å². The first kappa shape index (κ1) is 29.6. The van der Waals surface area contributed by atoms with E-state index in [9.17, 15) is 5.26 Å². The molecule has 0 radical (unpaired) electrons. The third-order valence-corrected chi connectivity index (χ3v) is 8.90. The molecule has 12 nitrogen and oxygen atoms in total. The Morgan fingerprint density at radius 1 is 1.00 bits per heavy atom. The van der Waals surface area contributed by atoms with Gasteiger partial charge in [0.15, 0.2) is 0 Å². The zero-order valence-electron chi connectivity index (χ0n) is 26.3. The van der Waals surface area contributed by atoms with Crippen molar-refractivity contribution in [3.05, 3.63) is 94.8 Å². The van der Waals surface area contributed by atoms with E-state index < -0.39 is 0 Å². The summed E-state index contributed by atoms with van der Waals surface area (Å²) >= 11 is 0. The van der Waals surface area contributed by atoms with Crippen LogP contribution in [0.2, 0.25) is 0 Å². The summed E-state index contributed by atoms with van der Waals surface area (Å²) in [4.78, 5) is 9.93. The molecule has 1 unspecified atom stereocenters. The van der Waals surface area contributed by atoms with Crippen LogP contribution >= 0.6 is 0 Å². The van der Waals surface area contributed by atoms with Gasteiger partial charge in [-0.2, -0.15) is 10.5 Å². The number of fused-ring (bicyclic) bond motifs is 7. The van der Waals surface area contributed by atoms with E-state index in [0.29, 0.717) is 49.2 Å². The molecule has 8 rings (SSSR count). The molecule has 1 fully saturated rings. The molecule has 0 aliphatic carbocycles. The van der Waals surface area contributed by atoms with Crippen LogP contribution in [-0.2, 0) is 30.7 Å². The standard InChI is InChI=1S/C36H32N8O4/c1-45-32-17-27(36-40-42-43-41-36)15-30-35(32)39-33(44(30)20-28-11-13-46-28)18-25-10-9-24-16-31(25)47-12-3-4-23-14-22(19-37)7-8-26(23)21-48-34-6-2-5-29(24)38-34/h2,5-10,14-17,28H,3-4,11-13,18,20-21H2,1H3,(H,40,41,42,43). The maximum absolute atomic E-state index is 9.51. The summed E-state index contributed by atoms with van der Waals surface area (Å²) in [6, 6.07) is 23.9. The molecule has 6 aromatic rings. The second-order valence-electron chi connectivity index (χ2n) is 11.9. The van der Waals surface area contributed by atoms with Crippen LogP contribution in [0.3, 0.4) is 0 Å². The summed E-state index contributed by atoms with van der Waals surface area (Å²) in [5.41, 5.74) is 7.88. The number of aromatic amines is 1. The Morgan fingerprint density at radius 3 is 2.75 bits per heavy atom. The number of aryl methyl sites for hydroxylation is 1. The molecule has 1 atom stereocenters. The SMILES string of the molecule is COc1cc(-c2nn[nH]n2)cc2c1nc(Cc1ccc3cc1OCCCc1cc(C#N)ccc1COc1cccc-3n1)n2CC1CCO1. The Labute approximate surface area is 276 Å². The molecule has 0 spiro atoms. The number of H-pyrrole nitrogens is 1. The maximum atomic E-state index is 9.51. The smallest absolute Gasteiger partial charge is 0.214 e. The predicted octanol–water partition coefficient (Wildman–Crippen LogP) is 5.44. The highest BCUT2D eigenvalue weighted by molar-refractivity contribution is 5.87. The molecular weight excluding hydrogens is 608 g/mol. The van der Waals surface area contributed by atoms with Gasteiger partial charge in [0.05, 0.1) is 49.2 Å². The molecule has 240 valence electrons. The minimum absolute atomic E-state index is 0.0997. The van der Waals surface area contributed by atoms with E-state index in [1.54, 1.807) is 7.11 Å². The first-order valence-corrected chi connectivity index (χ1v) is 16.0. The zero-order valence-corrected chi connectivity index (χ0v) is 26.3. The lowest BCUT2D eigenvalue weighted by Crippen LogP contribution is -2.31. The molecule has 5 heterocycles. The van der Waals surface area contributed by atoms with Crippen molar-refractivity contribution in [1.29, 1.82) is 5.26 Å². The number of hydrogen-bond donors (Lipinski definition) is 1. The van der Waals surface area contributed by atoms with E-state index in [4.69, 9.17) is 28.9 Å². The van der Waals surface area contributed by atoms with E-state index in [1.807, 2.05) is 54.6 Å². The number of benzene rings is 3. The van der Waals surface area contributed by atoms with Gasteiger partial charge in [-0.05, 0) is 72.0 Å². The second-order valence-corrected chi connectivity index (χ2v) is 11.9. The monoisotopic (exact) mass is 640 g/mol. The topological polar surface area (TPSA) is 146 Å². The van der Waals surface area contributed by atoms with Crippen molar-refractivity contribution in [3.63, 3.8) is 0 Å². The number of imidazole rings is 1. The van der Waals surface area contributed by atoms with Gasteiger partial charge in [-0.1, -0.05) is 24.3 Å². The van der Waals surface area contributed by atoms with Gasteiger partial charge in [0, 0.05) is 35.8 Å². The first-order chi connectivity index (χ1) is 23.6. The molecule has 0 saturated carbocycles. The molecule has 3 aromatic carbocycles. The fraction of sp³-hybridized carbons (Fsp3) is 0.278. The first-order valence-electron chi connectivity index (χ1n) is 16.0. The quantitative estimate of drug-likeness (QED) is 0.250. The van der Waals surface area contributed by atoms with E-state index >= 15 is 0 Å². The van der Waals surface area contributed by atoms with Crippen LogP contribution in [0.15, 0.2) is 66.7 Å². The van der Waals surface area contributed by atoms with Crippen molar-refractivity contribution in [2.75, 3.05) is 20.3 Å². The molecule has 2 aliphatic heterocycles. The third kappa shape index (κ3) is 5.80. The van der Waals surface area contributed by atoms with Crippen molar-refractivity contribution in [2.24, 2.45) is 0 Å². The summed E-state index contributed by atoms with van der Waals surface area (Å²) in [5.74, 6) is 3.27. The Hall–Kier alpha value is -5.80. The number of nitrogens with one attached hydrogen (secondary N) is 1. The summed E-state index contributed by atoms with van der Waals surface area (Å²) in [7, 11) is 1.64. The average Bonchev–Trinajstić information content (AvgIpc) is 3.76. The minimum Gasteiger partial charge on any atom is -0.494 e. The van der Waals surface area contributed by atoms with Crippen molar-refractivity contribution in [3.8, 4) is 46.1 Å². The van der Waals surface area contributed by atoms with Crippen molar-refractivity contribution in [2.45, 2.75) is 44.9 Å². The van der Waals surface area contributed by atoms with Gasteiger partial charge in [-0.15, -0.1) is 10.2 Å². The molecule has 1 saturated heterocycles. The molecule has 1 N–H and O–H groups in total. The lowest BCUT2D eigenvalue weighted by Gasteiger charge is -2.27. The molecule has 4 bridgehead atoms. The van der Waals surface area contributed by atoms with Gasteiger partial charge >= 0.3 is 0 Å². The third-order valence-electron chi connectivity index (χ3n) is 8.90. The molecule has 3 aromatic heterocycles. The van der Waals surface area contributed by atoms with Gasteiger partial charge in [0.2, 0.25) is 11.7 Å². The molecular formula is C36H32N8O4. The summed E-state index contributed by atoms with van der Waals surface area (Å²) in [6.45, 7) is 2.28. The summed E-state index contributed by atoms with van der Waals surface area (Å²) in [6.07, 6.45) is 3.11. The lowest BCUT2D eigenvalue weighted by molar-refractivity contribution is -0.0589. The number of nitrogens with zero attached hydrogens (tertiary/aromatic N) is 7. The highest BCUT2D eigenvalue weighted by Gasteiger charge is 2.25. The van der Waals surface area contributed by atoms with E-state index in [0.717, 1.165) is 82.0 Å². The number of hydrogen-bond acceptors (Lipinski definition) is 10. The van der Waals surface area contributed by atoms with Crippen molar-refractivity contribution >= 4 is 11.0 Å². The van der Waals surface area contributed by atoms with Crippen LogP contribution in [0.1, 0.15) is 40.9 Å². The zero-order chi connectivity index (χ0) is 32.5. The van der Waals surface area contributed by atoms with Gasteiger partial charge in [-0.25, -0.2) is 9.97 Å². The number of methoxy groups -OCH3 is 1. The molecule has 2 aliphatic rings. The Balaban J connectivity index is 1.18. The Bertz CT molecular complexity index is 2150. The summed E-state index contributed by atoms with van der Waals surface area (Å²) < 4.78 is 26.6. The van der Waals surface area contributed by atoms with Crippen molar-refractivity contribution < 1.29 is 18.9 Å². The van der Waals surface area contributed by atoms with Gasteiger partial charge in [-0.3, -0.25) is 0 Å². The fourth-order valence-electron chi connectivity index (χ4n) is 6.27. The van der Waals surface area contributed by atoms with Gasteiger partial charge < -0.3 is 23.5 Å². The lowest BCUT2D eigenvalue weighted by atomic mass is 10.0. The number of nitriles is 1. The summed E-state index contributed by atoms with van der Waals surface area (Å²) in [5, 5.41) is 24.1. The number of rotatable bonds is 6. The predicted molar refractivity (Wildman–Crippen MR) is 176 cm³/mol. The number of tetrazole rings is 1. The van der Waals surface area contributed by atoms with Crippen LogP contribution in [0.25, 0.3) is 33.7 Å². The largest absolute Gasteiger partial charge is 0.494 e. The normalized spacial score (nSPS) is 15.7. The molecule has 48 heavy (non-hydrogen) atoms. The van der Waals surface area contributed by atoms with E-state index in [-0.39, 0.29) is 6.10 Å². The van der Waals surface area contributed by atoms with Crippen LogP contribution < -0.4 is 14.2 Å². The van der Waals surface area contributed by atoms with Crippen LogP contribution in [0, 0.1) is 11.3 Å². The number of pyridine rings is 1. The van der Waals surface area contributed by atoms with Gasteiger partial charge in [0.25, 0.3) is 0 Å². The van der Waals surface area contributed by atoms with Crippen LogP contribution in [0.4, 0.5) is 0 Å². The highest BCUT2D eigenvalue weighted by atomic mass is 16.5. The van der Waals surface area contributed by atoms with E-state index in [1.165, 1.54) is 0 Å². The average molecular weight is 641 g/mol. The maximum Gasteiger partial charge on any atom is 0.214 e. The Morgan fingerprint density at radius 2 is 1.94 bits per heavy atom. The highest BCUT2D eigenvalue weighted by Crippen LogP contribution is 2.35. The van der Waals surface area contributed by atoms with E-state index in [2.05, 4.69) is 43.4 Å².